The third kappa shape index (κ3) is 2.53. The Kier molecular flexibility index (Phi) is 3.23. The Hall–Kier alpha value is -2.95. The fourth-order valence-electron chi connectivity index (χ4n) is 2.13. The molecule has 2 heterocycles. The molecule has 5 heteroatoms. The van der Waals surface area contributed by atoms with Crippen molar-refractivity contribution in [2.45, 2.75) is 6.92 Å². The van der Waals surface area contributed by atoms with Crippen LogP contribution in [-0.2, 0) is 0 Å². The van der Waals surface area contributed by atoms with Crippen LogP contribution in [0.15, 0.2) is 48.8 Å². The first-order valence-corrected chi connectivity index (χ1v) is 6.36. The summed E-state index contributed by atoms with van der Waals surface area (Å²) in [4.78, 5) is 19.9. The third-order valence-corrected chi connectivity index (χ3v) is 3.05. The molecule has 3 aromatic rings. The molecule has 0 unspecified atom stereocenters. The molecular formula is C16H12N2O3. The van der Waals surface area contributed by atoms with Crippen LogP contribution in [0.25, 0.3) is 10.9 Å². The van der Waals surface area contributed by atoms with Gasteiger partial charge in [0.15, 0.2) is 5.75 Å². The molecular weight excluding hydrogens is 268 g/mol. The van der Waals surface area contributed by atoms with Gasteiger partial charge in [-0.05, 0) is 19.1 Å². The van der Waals surface area contributed by atoms with Crippen molar-refractivity contribution in [3.63, 3.8) is 0 Å². The van der Waals surface area contributed by atoms with Gasteiger partial charge >= 0.3 is 5.97 Å². The van der Waals surface area contributed by atoms with Gasteiger partial charge in [0, 0.05) is 23.3 Å². The van der Waals surface area contributed by atoms with Gasteiger partial charge in [0.25, 0.3) is 0 Å². The van der Waals surface area contributed by atoms with Crippen molar-refractivity contribution in [1.82, 2.24) is 9.97 Å². The SMILES string of the molecule is Cc1cc(Oc2cnc3ccccc3c2C(=O)O)ccn1. The van der Waals surface area contributed by atoms with Gasteiger partial charge in [-0.25, -0.2) is 4.79 Å². The first-order chi connectivity index (χ1) is 10.1. The molecule has 21 heavy (non-hydrogen) atoms. The average Bonchev–Trinajstić information content (AvgIpc) is 2.46. The summed E-state index contributed by atoms with van der Waals surface area (Å²) in [7, 11) is 0. The van der Waals surface area contributed by atoms with Crippen LogP contribution in [0.3, 0.4) is 0 Å². The number of rotatable bonds is 3. The number of para-hydroxylation sites is 1. The Balaban J connectivity index is 2.14. The van der Waals surface area contributed by atoms with E-state index in [0.717, 1.165) is 5.69 Å². The van der Waals surface area contributed by atoms with Gasteiger partial charge in [0.1, 0.15) is 11.3 Å². The Morgan fingerprint density at radius 1 is 1.19 bits per heavy atom. The second-order valence-corrected chi connectivity index (χ2v) is 4.55. The van der Waals surface area contributed by atoms with E-state index in [4.69, 9.17) is 4.74 Å². The van der Waals surface area contributed by atoms with Crippen LogP contribution in [0.5, 0.6) is 11.5 Å². The van der Waals surface area contributed by atoms with E-state index < -0.39 is 5.97 Å². The van der Waals surface area contributed by atoms with E-state index in [1.807, 2.05) is 13.0 Å². The lowest BCUT2D eigenvalue weighted by Crippen LogP contribution is -2.02. The molecule has 1 aromatic carbocycles. The maximum atomic E-state index is 11.6. The Labute approximate surface area is 120 Å². The number of pyridine rings is 2. The number of aromatic carboxylic acids is 1. The molecule has 0 saturated carbocycles. The van der Waals surface area contributed by atoms with Crippen LogP contribution in [0.2, 0.25) is 0 Å². The highest BCUT2D eigenvalue weighted by molar-refractivity contribution is 6.04. The molecule has 0 aliphatic rings. The topological polar surface area (TPSA) is 72.3 Å². The van der Waals surface area contributed by atoms with Crippen molar-refractivity contribution < 1.29 is 14.6 Å². The van der Waals surface area contributed by atoms with Gasteiger partial charge in [0.05, 0.1) is 11.7 Å². The van der Waals surface area contributed by atoms with Crippen molar-refractivity contribution in [2.24, 2.45) is 0 Å². The number of ether oxygens (including phenoxy) is 1. The quantitative estimate of drug-likeness (QED) is 0.795. The zero-order chi connectivity index (χ0) is 14.8. The summed E-state index contributed by atoms with van der Waals surface area (Å²) in [6.45, 7) is 1.84. The molecule has 104 valence electrons. The smallest absolute Gasteiger partial charge is 0.340 e. The normalized spacial score (nSPS) is 10.5. The molecule has 0 amide bonds. The Morgan fingerprint density at radius 3 is 2.76 bits per heavy atom. The number of hydrogen-bond acceptors (Lipinski definition) is 4. The summed E-state index contributed by atoms with van der Waals surface area (Å²) in [5.74, 6) is -0.303. The van der Waals surface area contributed by atoms with E-state index in [1.165, 1.54) is 6.20 Å². The summed E-state index contributed by atoms with van der Waals surface area (Å²) in [5, 5.41) is 10.0. The third-order valence-electron chi connectivity index (χ3n) is 3.05. The molecule has 0 spiro atoms. The summed E-state index contributed by atoms with van der Waals surface area (Å²) >= 11 is 0. The Morgan fingerprint density at radius 2 is 2.00 bits per heavy atom. The van der Waals surface area contributed by atoms with Gasteiger partial charge < -0.3 is 9.84 Å². The maximum absolute atomic E-state index is 11.6. The molecule has 0 bridgehead atoms. The molecule has 0 aliphatic heterocycles. The number of hydrogen-bond donors (Lipinski definition) is 1. The molecule has 0 fully saturated rings. The fourth-order valence-corrected chi connectivity index (χ4v) is 2.13. The van der Waals surface area contributed by atoms with Crippen molar-refractivity contribution in [1.29, 1.82) is 0 Å². The van der Waals surface area contributed by atoms with Gasteiger partial charge in [0.2, 0.25) is 0 Å². The second kappa shape index (κ2) is 5.20. The number of carbonyl (C=O) groups is 1. The van der Waals surface area contributed by atoms with E-state index >= 15 is 0 Å². The van der Waals surface area contributed by atoms with Gasteiger partial charge in [-0.2, -0.15) is 0 Å². The molecule has 1 N–H and O–H groups in total. The minimum Gasteiger partial charge on any atom is -0.478 e. The van der Waals surface area contributed by atoms with Crippen LogP contribution < -0.4 is 4.74 Å². The van der Waals surface area contributed by atoms with Crippen molar-refractivity contribution in [3.05, 3.63) is 60.0 Å². The second-order valence-electron chi connectivity index (χ2n) is 4.55. The average molecular weight is 280 g/mol. The minimum absolute atomic E-state index is 0.107. The van der Waals surface area contributed by atoms with Crippen LogP contribution in [0.1, 0.15) is 16.1 Å². The molecule has 0 aliphatic carbocycles. The first-order valence-electron chi connectivity index (χ1n) is 6.36. The number of fused-ring (bicyclic) bond motifs is 1. The minimum atomic E-state index is -1.05. The highest BCUT2D eigenvalue weighted by Crippen LogP contribution is 2.30. The van der Waals surface area contributed by atoms with Crippen LogP contribution in [-0.4, -0.2) is 21.0 Å². The van der Waals surface area contributed by atoms with Crippen molar-refractivity contribution >= 4 is 16.9 Å². The maximum Gasteiger partial charge on any atom is 0.340 e. The lowest BCUT2D eigenvalue weighted by molar-refractivity contribution is 0.0696. The summed E-state index contributed by atoms with van der Waals surface area (Å²) in [6.07, 6.45) is 3.04. The summed E-state index contributed by atoms with van der Waals surface area (Å²) in [6, 6.07) is 10.5. The number of benzene rings is 1. The summed E-state index contributed by atoms with van der Waals surface area (Å²) in [5.41, 5.74) is 1.52. The number of nitrogens with zero attached hydrogens (tertiary/aromatic N) is 2. The zero-order valence-electron chi connectivity index (χ0n) is 11.3. The standard InChI is InChI=1S/C16H12N2O3/c1-10-8-11(6-7-17-10)21-14-9-18-13-5-3-2-4-12(13)15(14)16(19)20/h2-9H,1H3,(H,19,20). The van der Waals surface area contributed by atoms with Crippen molar-refractivity contribution in [3.8, 4) is 11.5 Å². The van der Waals surface area contributed by atoms with Gasteiger partial charge in [-0.1, -0.05) is 18.2 Å². The predicted molar refractivity (Wildman–Crippen MR) is 77.8 cm³/mol. The van der Waals surface area contributed by atoms with E-state index in [1.54, 1.807) is 36.5 Å². The predicted octanol–water partition coefficient (Wildman–Crippen LogP) is 3.43. The molecule has 3 rings (SSSR count). The summed E-state index contributed by atoms with van der Waals surface area (Å²) < 4.78 is 5.68. The van der Waals surface area contributed by atoms with Crippen LogP contribution in [0, 0.1) is 6.92 Å². The highest BCUT2D eigenvalue weighted by atomic mass is 16.5. The monoisotopic (exact) mass is 280 g/mol. The highest BCUT2D eigenvalue weighted by Gasteiger charge is 2.17. The fraction of sp³-hybridized carbons (Fsp3) is 0.0625. The number of aromatic nitrogens is 2. The molecule has 0 radical (unpaired) electrons. The number of aryl methyl sites for hydroxylation is 1. The van der Waals surface area contributed by atoms with Crippen LogP contribution >= 0.6 is 0 Å². The van der Waals surface area contributed by atoms with E-state index in [-0.39, 0.29) is 11.3 Å². The number of carboxylic acid groups (broad SMARTS) is 1. The molecule has 0 atom stereocenters. The van der Waals surface area contributed by atoms with Crippen LogP contribution in [0.4, 0.5) is 0 Å². The van der Waals surface area contributed by atoms with E-state index in [2.05, 4.69) is 9.97 Å². The lowest BCUT2D eigenvalue weighted by atomic mass is 10.1. The Bertz CT molecular complexity index is 831. The largest absolute Gasteiger partial charge is 0.478 e. The van der Waals surface area contributed by atoms with E-state index in [9.17, 15) is 9.90 Å². The van der Waals surface area contributed by atoms with E-state index in [0.29, 0.717) is 16.7 Å². The van der Waals surface area contributed by atoms with Gasteiger partial charge in [-0.15, -0.1) is 0 Å². The molecule has 2 aromatic heterocycles. The lowest BCUT2D eigenvalue weighted by Gasteiger charge is -2.10. The number of carboxylic acids is 1. The zero-order valence-corrected chi connectivity index (χ0v) is 11.3. The molecule has 5 nitrogen and oxygen atoms in total. The van der Waals surface area contributed by atoms with Crippen molar-refractivity contribution in [2.75, 3.05) is 0 Å². The van der Waals surface area contributed by atoms with Gasteiger partial charge in [-0.3, -0.25) is 9.97 Å². The molecule has 0 saturated heterocycles. The first kappa shape index (κ1) is 13.1.